The number of aromatic nitrogens is 2. The lowest BCUT2D eigenvalue weighted by Gasteiger charge is -2.14. The maximum absolute atomic E-state index is 12.2. The van der Waals surface area contributed by atoms with E-state index in [4.69, 9.17) is 15.9 Å². The van der Waals surface area contributed by atoms with E-state index in [1.54, 1.807) is 0 Å². The van der Waals surface area contributed by atoms with Crippen molar-refractivity contribution in [2.75, 3.05) is 24.3 Å². The molecule has 0 radical (unpaired) electrons. The molecule has 7 heteroatoms. The van der Waals surface area contributed by atoms with Gasteiger partial charge in [0.1, 0.15) is 11.6 Å². The zero-order valence-electron chi connectivity index (χ0n) is 12.6. The van der Waals surface area contributed by atoms with Crippen LogP contribution >= 0.6 is 0 Å². The van der Waals surface area contributed by atoms with Gasteiger partial charge in [-0.05, 0) is 18.1 Å². The van der Waals surface area contributed by atoms with Crippen LogP contribution in [-0.4, -0.2) is 35.4 Å². The predicted molar refractivity (Wildman–Crippen MR) is 89.3 cm³/mol. The lowest BCUT2D eigenvalue weighted by Crippen LogP contribution is -2.26. The van der Waals surface area contributed by atoms with Gasteiger partial charge in [-0.3, -0.25) is 4.79 Å². The zero-order chi connectivity index (χ0) is 16.2. The van der Waals surface area contributed by atoms with E-state index in [1.165, 1.54) is 0 Å². The number of anilines is 2. The molecule has 1 aromatic carbocycles. The molecule has 5 N–H and O–H groups in total. The van der Waals surface area contributed by atoms with Crippen LogP contribution in [0.4, 0.5) is 11.5 Å². The predicted octanol–water partition coefficient (Wildman–Crippen LogP) is 1.14. The summed E-state index contributed by atoms with van der Waals surface area (Å²) in [7, 11) is 0. The number of hydrogen-bond acceptors (Lipinski definition) is 6. The molecule has 1 aliphatic heterocycles. The highest BCUT2D eigenvalue weighted by Gasteiger charge is 2.19. The van der Waals surface area contributed by atoms with Gasteiger partial charge in [0.25, 0.3) is 5.56 Å². The number of rotatable bonds is 5. The molecule has 1 aromatic heterocycles. The van der Waals surface area contributed by atoms with Crippen molar-refractivity contribution in [3.05, 3.63) is 51.6 Å². The fraction of sp³-hybridized carbons (Fsp3) is 0.312. The van der Waals surface area contributed by atoms with Gasteiger partial charge in [0.15, 0.2) is 0 Å². The fourth-order valence-electron chi connectivity index (χ4n) is 2.57. The van der Waals surface area contributed by atoms with Gasteiger partial charge < -0.3 is 26.2 Å². The summed E-state index contributed by atoms with van der Waals surface area (Å²) in [5.41, 5.74) is 7.39. The molecule has 0 saturated carbocycles. The Bertz CT molecular complexity index is 765. The molecule has 120 valence electrons. The van der Waals surface area contributed by atoms with E-state index in [9.17, 15) is 4.79 Å². The second-order valence-electron chi connectivity index (χ2n) is 5.50. The van der Waals surface area contributed by atoms with Crippen LogP contribution in [0.3, 0.4) is 0 Å². The molecule has 1 aliphatic rings. The molecule has 23 heavy (non-hydrogen) atoms. The average molecular weight is 313 g/mol. The van der Waals surface area contributed by atoms with Crippen LogP contribution in [0, 0.1) is 5.41 Å². The molecule has 2 heterocycles. The first-order valence-corrected chi connectivity index (χ1v) is 7.48. The highest BCUT2D eigenvalue weighted by molar-refractivity contribution is 5.83. The first-order valence-electron chi connectivity index (χ1n) is 7.48. The number of nitrogens with one attached hydrogen (secondary N) is 3. The van der Waals surface area contributed by atoms with Crippen molar-refractivity contribution in [3.8, 4) is 0 Å². The van der Waals surface area contributed by atoms with Crippen molar-refractivity contribution in [1.29, 1.82) is 5.41 Å². The highest BCUT2D eigenvalue weighted by Crippen LogP contribution is 2.17. The molecule has 1 atom stereocenters. The summed E-state index contributed by atoms with van der Waals surface area (Å²) < 4.78 is 5.32. The number of nitrogens with zero attached hydrogens (tertiary/aromatic N) is 1. The summed E-state index contributed by atoms with van der Waals surface area (Å²) in [6.45, 7) is 1.26. The number of para-hydroxylation sites is 1. The fourth-order valence-corrected chi connectivity index (χ4v) is 2.57. The van der Waals surface area contributed by atoms with Crippen molar-refractivity contribution < 1.29 is 4.74 Å². The molecule has 1 fully saturated rings. The number of benzene rings is 1. The van der Waals surface area contributed by atoms with Gasteiger partial charge in [-0.25, -0.2) is 4.98 Å². The van der Waals surface area contributed by atoms with E-state index >= 15 is 0 Å². The largest absolute Gasteiger partial charge is 0.398 e. The Hall–Kier alpha value is -2.67. The summed E-state index contributed by atoms with van der Waals surface area (Å²) in [5.74, 6) is 0.934. The monoisotopic (exact) mass is 313 g/mol. The molecule has 1 saturated heterocycles. The van der Waals surface area contributed by atoms with Crippen molar-refractivity contribution >= 4 is 17.7 Å². The normalized spacial score (nSPS) is 17.1. The van der Waals surface area contributed by atoms with Crippen LogP contribution in [0.2, 0.25) is 0 Å². The van der Waals surface area contributed by atoms with Crippen LogP contribution in [0.5, 0.6) is 0 Å². The first-order chi connectivity index (χ1) is 11.2. The summed E-state index contributed by atoms with van der Waals surface area (Å²) in [6.07, 6.45) is 2.30. The zero-order valence-corrected chi connectivity index (χ0v) is 12.6. The van der Waals surface area contributed by atoms with E-state index in [0.29, 0.717) is 37.0 Å². The Balaban J connectivity index is 1.92. The van der Waals surface area contributed by atoms with Gasteiger partial charge in [0.05, 0.1) is 18.2 Å². The number of aromatic amines is 1. The topological polar surface area (TPSA) is 117 Å². The molecular formula is C16H19N5O2. The second kappa shape index (κ2) is 6.62. The molecule has 0 bridgehead atoms. The van der Waals surface area contributed by atoms with Crippen LogP contribution in [-0.2, 0) is 11.2 Å². The van der Waals surface area contributed by atoms with E-state index < -0.39 is 0 Å². The maximum Gasteiger partial charge on any atom is 0.261 e. The van der Waals surface area contributed by atoms with E-state index in [2.05, 4.69) is 15.3 Å². The average Bonchev–Trinajstić information content (AvgIpc) is 3.02. The minimum atomic E-state index is -0.332. The summed E-state index contributed by atoms with van der Waals surface area (Å²) >= 11 is 0. The Morgan fingerprint density at radius 2 is 2.30 bits per heavy atom. The summed E-state index contributed by atoms with van der Waals surface area (Å²) in [5, 5.41) is 10.7. The van der Waals surface area contributed by atoms with Crippen molar-refractivity contribution in [2.45, 2.75) is 18.9 Å². The Kier molecular flexibility index (Phi) is 4.38. The molecule has 0 spiro atoms. The number of nitrogen functional groups attached to an aromatic ring is 1. The third-order valence-corrected chi connectivity index (χ3v) is 3.83. The maximum atomic E-state index is 12.2. The van der Waals surface area contributed by atoms with Crippen LogP contribution in [0.25, 0.3) is 0 Å². The van der Waals surface area contributed by atoms with Crippen LogP contribution in [0.1, 0.15) is 23.4 Å². The molecule has 0 aliphatic carbocycles. The second-order valence-corrected chi connectivity index (χ2v) is 5.50. The quantitative estimate of drug-likeness (QED) is 0.488. The first kappa shape index (κ1) is 15.2. The number of H-pyrrole nitrogens is 1. The summed E-state index contributed by atoms with van der Waals surface area (Å²) in [4.78, 5) is 19.4. The standard InChI is InChI=1S/C16H19N5O2/c17-8-12-15(19-11-5-6-23-9-11)20-14(21-16(12)22)7-10-3-1-2-4-13(10)18/h1-4,8,11,17H,5-7,9,18H2,(H2,19,20,21,22). The number of ether oxygens (including phenoxy) is 1. The lowest BCUT2D eigenvalue weighted by molar-refractivity contribution is 0.195. The van der Waals surface area contributed by atoms with Gasteiger partial charge in [0.2, 0.25) is 0 Å². The van der Waals surface area contributed by atoms with E-state index in [0.717, 1.165) is 18.2 Å². The van der Waals surface area contributed by atoms with Gasteiger partial charge in [-0.15, -0.1) is 0 Å². The third kappa shape index (κ3) is 3.40. The van der Waals surface area contributed by atoms with Crippen LogP contribution < -0.4 is 16.6 Å². The number of hydrogen-bond donors (Lipinski definition) is 4. The van der Waals surface area contributed by atoms with Gasteiger partial charge >= 0.3 is 0 Å². The Morgan fingerprint density at radius 1 is 1.48 bits per heavy atom. The van der Waals surface area contributed by atoms with Crippen molar-refractivity contribution in [3.63, 3.8) is 0 Å². The van der Waals surface area contributed by atoms with Gasteiger partial charge in [-0.1, -0.05) is 18.2 Å². The summed E-state index contributed by atoms with van der Waals surface area (Å²) in [6, 6.07) is 7.58. The molecule has 0 amide bonds. The van der Waals surface area contributed by atoms with E-state index in [1.807, 2.05) is 24.3 Å². The minimum Gasteiger partial charge on any atom is -0.398 e. The SMILES string of the molecule is N=Cc1c(NC2CCOC2)nc(Cc2ccccc2N)[nH]c1=O. The smallest absolute Gasteiger partial charge is 0.261 e. The van der Waals surface area contributed by atoms with Gasteiger partial charge in [0, 0.05) is 24.9 Å². The number of nitrogens with two attached hydrogens (primary N) is 1. The Labute approximate surface area is 133 Å². The molecule has 2 aromatic rings. The molecule has 3 rings (SSSR count). The Morgan fingerprint density at radius 3 is 3.00 bits per heavy atom. The highest BCUT2D eigenvalue weighted by atomic mass is 16.5. The third-order valence-electron chi connectivity index (χ3n) is 3.83. The van der Waals surface area contributed by atoms with Crippen LogP contribution in [0.15, 0.2) is 29.1 Å². The van der Waals surface area contributed by atoms with Crippen molar-refractivity contribution in [2.24, 2.45) is 0 Å². The minimum absolute atomic E-state index is 0.109. The molecular weight excluding hydrogens is 294 g/mol. The van der Waals surface area contributed by atoms with E-state index in [-0.39, 0.29) is 17.2 Å². The molecule has 7 nitrogen and oxygen atoms in total. The molecule has 1 unspecified atom stereocenters. The van der Waals surface area contributed by atoms with Gasteiger partial charge in [-0.2, -0.15) is 0 Å². The lowest BCUT2D eigenvalue weighted by atomic mass is 10.1. The van der Waals surface area contributed by atoms with Crippen molar-refractivity contribution in [1.82, 2.24) is 9.97 Å².